The molecule has 78 valence electrons. The summed E-state index contributed by atoms with van der Waals surface area (Å²) in [5.74, 6) is 0.913. The fourth-order valence-corrected chi connectivity index (χ4v) is 3.50. The summed E-state index contributed by atoms with van der Waals surface area (Å²) in [5, 5.41) is 0. The molecule has 0 radical (unpaired) electrons. The Balaban J connectivity index is 2.07. The maximum Gasteiger partial charge on any atom is 0.00803 e. The predicted molar refractivity (Wildman–Crippen MR) is 64.1 cm³/mol. The van der Waals surface area contributed by atoms with E-state index in [-0.39, 0.29) is 0 Å². The van der Waals surface area contributed by atoms with Crippen molar-refractivity contribution in [2.24, 2.45) is 5.92 Å². The molecule has 0 aromatic carbocycles. The van der Waals surface area contributed by atoms with Crippen LogP contribution in [0.15, 0.2) is 6.07 Å². The van der Waals surface area contributed by atoms with E-state index >= 15 is 0 Å². The van der Waals surface area contributed by atoms with E-state index in [4.69, 9.17) is 0 Å². The van der Waals surface area contributed by atoms with Crippen LogP contribution in [-0.4, -0.2) is 0 Å². The van der Waals surface area contributed by atoms with Gasteiger partial charge in [-0.15, -0.1) is 11.3 Å². The second kappa shape index (κ2) is 4.48. The monoisotopic (exact) mass is 208 g/mol. The Kier molecular flexibility index (Phi) is 3.27. The predicted octanol–water partition coefficient (Wildman–Crippen LogP) is 4.22. The van der Waals surface area contributed by atoms with Crippen LogP contribution < -0.4 is 0 Å². The van der Waals surface area contributed by atoms with Gasteiger partial charge in [0.25, 0.3) is 0 Å². The third kappa shape index (κ3) is 2.20. The van der Waals surface area contributed by atoms with Gasteiger partial charge in [0.2, 0.25) is 0 Å². The van der Waals surface area contributed by atoms with Gasteiger partial charge in [0, 0.05) is 9.75 Å². The van der Waals surface area contributed by atoms with Gasteiger partial charge >= 0.3 is 0 Å². The summed E-state index contributed by atoms with van der Waals surface area (Å²) in [6, 6.07) is 2.48. The molecule has 1 aromatic rings. The van der Waals surface area contributed by atoms with E-state index in [0.29, 0.717) is 0 Å². The van der Waals surface area contributed by atoms with Crippen molar-refractivity contribution < 1.29 is 0 Å². The van der Waals surface area contributed by atoms with Gasteiger partial charge in [0.15, 0.2) is 0 Å². The van der Waals surface area contributed by atoms with Crippen LogP contribution in [0.25, 0.3) is 0 Å². The van der Waals surface area contributed by atoms with Gasteiger partial charge in [0.1, 0.15) is 0 Å². The molecular weight excluding hydrogens is 188 g/mol. The molecule has 0 fully saturated rings. The average molecular weight is 208 g/mol. The third-order valence-electron chi connectivity index (χ3n) is 3.16. The molecule has 0 aliphatic heterocycles. The average Bonchev–Trinajstić information content (AvgIpc) is 2.56. The van der Waals surface area contributed by atoms with Crippen molar-refractivity contribution in [2.75, 3.05) is 0 Å². The summed E-state index contributed by atoms with van der Waals surface area (Å²) in [7, 11) is 0. The maximum absolute atomic E-state index is 2.48. The van der Waals surface area contributed by atoms with E-state index in [2.05, 4.69) is 31.3 Å². The van der Waals surface area contributed by atoms with Crippen molar-refractivity contribution in [3.05, 3.63) is 21.4 Å². The second-order valence-electron chi connectivity index (χ2n) is 4.61. The van der Waals surface area contributed by atoms with Gasteiger partial charge in [-0.2, -0.15) is 0 Å². The quantitative estimate of drug-likeness (QED) is 0.698. The highest BCUT2D eigenvalue weighted by Gasteiger charge is 2.17. The lowest BCUT2D eigenvalue weighted by molar-refractivity contribution is 0.506. The van der Waals surface area contributed by atoms with E-state index in [1.54, 1.807) is 15.3 Å². The smallest absolute Gasteiger partial charge is 0.00803 e. The molecule has 14 heavy (non-hydrogen) atoms. The van der Waals surface area contributed by atoms with Gasteiger partial charge in [-0.3, -0.25) is 0 Å². The van der Waals surface area contributed by atoms with Gasteiger partial charge in [0.05, 0.1) is 0 Å². The van der Waals surface area contributed by atoms with Crippen molar-refractivity contribution in [3.63, 3.8) is 0 Å². The van der Waals surface area contributed by atoms with Crippen LogP contribution in [0.1, 0.15) is 48.4 Å². The first-order chi connectivity index (χ1) is 6.79. The SMILES string of the molecule is CCCCc1cc2c(s1)CCC(C)C2. The zero-order valence-electron chi connectivity index (χ0n) is 9.31. The maximum atomic E-state index is 2.48. The molecule has 1 aliphatic rings. The van der Waals surface area contributed by atoms with Crippen molar-refractivity contribution in [1.29, 1.82) is 0 Å². The summed E-state index contributed by atoms with van der Waals surface area (Å²) >= 11 is 2.08. The molecule has 1 atom stereocenters. The van der Waals surface area contributed by atoms with Crippen LogP contribution >= 0.6 is 11.3 Å². The first kappa shape index (κ1) is 10.2. The van der Waals surface area contributed by atoms with Gasteiger partial charge in [-0.05, 0) is 49.7 Å². The molecule has 0 nitrogen and oxygen atoms in total. The molecule has 1 unspecified atom stereocenters. The standard InChI is InChI=1S/C13H20S/c1-3-4-5-12-9-11-8-10(2)6-7-13(11)14-12/h9-10H,3-8H2,1-2H3. The van der Waals surface area contributed by atoms with Crippen LogP contribution in [0.4, 0.5) is 0 Å². The summed E-state index contributed by atoms with van der Waals surface area (Å²) in [5.41, 5.74) is 1.67. The Hall–Kier alpha value is -0.300. The lowest BCUT2D eigenvalue weighted by Crippen LogP contribution is -2.08. The highest BCUT2D eigenvalue weighted by atomic mass is 32.1. The zero-order chi connectivity index (χ0) is 9.97. The van der Waals surface area contributed by atoms with Gasteiger partial charge in [-0.25, -0.2) is 0 Å². The molecular formula is C13H20S. The molecule has 2 rings (SSSR count). The Labute approximate surface area is 91.4 Å². The first-order valence-electron chi connectivity index (χ1n) is 5.90. The molecule has 0 saturated heterocycles. The van der Waals surface area contributed by atoms with Crippen LogP contribution in [-0.2, 0) is 19.3 Å². The normalized spacial score (nSPS) is 20.9. The van der Waals surface area contributed by atoms with Crippen LogP contribution in [0.5, 0.6) is 0 Å². The highest BCUT2D eigenvalue weighted by Crippen LogP contribution is 2.32. The van der Waals surface area contributed by atoms with Crippen molar-refractivity contribution in [1.82, 2.24) is 0 Å². The number of hydrogen-bond donors (Lipinski definition) is 0. The number of fused-ring (bicyclic) bond motifs is 1. The van der Waals surface area contributed by atoms with Gasteiger partial charge in [-0.1, -0.05) is 20.3 Å². The van der Waals surface area contributed by atoms with Crippen LogP contribution in [0.2, 0.25) is 0 Å². The zero-order valence-corrected chi connectivity index (χ0v) is 10.1. The number of rotatable bonds is 3. The van der Waals surface area contributed by atoms with E-state index in [9.17, 15) is 0 Å². The number of aryl methyl sites for hydroxylation is 2. The minimum absolute atomic E-state index is 0.913. The fraction of sp³-hybridized carbons (Fsp3) is 0.692. The van der Waals surface area contributed by atoms with Crippen molar-refractivity contribution >= 4 is 11.3 Å². The molecule has 1 aromatic heterocycles. The lowest BCUT2D eigenvalue weighted by Gasteiger charge is -2.17. The lowest BCUT2D eigenvalue weighted by atomic mass is 9.90. The second-order valence-corrected chi connectivity index (χ2v) is 5.83. The Bertz CT molecular complexity index is 298. The van der Waals surface area contributed by atoms with E-state index < -0.39 is 0 Å². The minimum Gasteiger partial charge on any atom is -0.145 e. The topological polar surface area (TPSA) is 0 Å². The Morgan fingerprint density at radius 2 is 2.36 bits per heavy atom. The number of hydrogen-bond acceptors (Lipinski definition) is 1. The molecule has 0 N–H and O–H groups in total. The molecule has 0 saturated carbocycles. The summed E-state index contributed by atoms with van der Waals surface area (Å²) in [4.78, 5) is 3.32. The summed E-state index contributed by atoms with van der Waals surface area (Å²) in [6.45, 7) is 4.65. The van der Waals surface area contributed by atoms with E-state index in [1.807, 2.05) is 0 Å². The Morgan fingerprint density at radius 1 is 1.50 bits per heavy atom. The largest absolute Gasteiger partial charge is 0.145 e. The van der Waals surface area contributed by atoms with Crippen LogP contribution in [0.3, 0.4) is 0 Å². The number of unbranched alkanes of at least 4 members (excludes halogenated alkanes) is 1. The van der Waals surface area contributed by atoms with Crippen LogP contribution in [0, 0.1) is 5.92 Å². The van der Waals surface area contributed by atoms with Crippen molar-refractivity contribution in [2.45, 2.75) is 52.4 Å². The molecule has 0 amide bonds. The first-order valence-corrected chi connectivity index (χ1v) is 6.71. The Morgan fingerprint density at radius 3 is 3.14 bits per heavy atom. The number of thiophene rings is 1. The molecule has 0 bridgehead atoms. The fourth-order valence-electron chi connectivity index (χ4n) is 2.24. The molecule has 1 heterocycles. The van der Waals surface area contributed by atoms with Gasteiger partial charge < -0.3 is 0 Å². The van der Waals surface area contributed by atoms with E-state index in [1.165, 1.54) is 38.5 Å². The molecule has 1 heteroatoms. The third-order valence-corrected chi connectivity index (χ3v) is 4.45. The summed E-state index contributed by atoms with van der Waals surface area (Å²) < 4.78 is 0. The van der Waals surface area contributed by atoms with Crippen molar-refractivity contribution in [3.8, 4) is 0 Å². The highest BCUT2D eigenvalue weighted by molar-refractivity contribution is 7.12. The van der Waals surface area contributed by atoms with E-state index in [0.717, 1.165) is 5.92 Å². The minimum atomic E-state index is 0.913. The molecule has 1 aliphatic carbocycles. The summed E-state index contributed by atoms with van der Waals surface area (Å²) in [6.07, 6.45) is 8.06. The molecule has 0 spiro atoms.